The number of methoxy groups -OCH3 is 1. The lowest BCUT2D eigenvalue weighted by molar-refractivity contribution is -0.120. The van der Waals surface area contributed by atoms with Gasteiger partial charge >= 0.3 is 0 Å². The van der Waals surface area contributed by atoms with E-state index in [2.05, 4.69) is 25.7 Å². The summed E-state index contributed by atoms with van der Waals surface area (Å²) < 4.78 is 5.03. The second kappa shape index (κ2) is 8.48. The van der Waals surface area contributed by atoms with Crippen LogP contribution in [-0.2, 0) is 9.59 Å². The lowest BCUT2D eigenvalue weighted by atomic mass is 9.97. The highest BCUT2D eigenvalue weighted by Crippen LogP contribution is 2.23. The lowest BCUT2D eigenvalue weighted by Gasteiger charge is -2.32. The second-order valence-corrected chi connectivity index (χ2v) is 6.47. The number of piperidine rings is 1. The van der Waals surface area contributed by atoms with E-state index in [1.807, 2.05) is 6.07 Å². The number of nitrogens with zero attached hydrogens (tertiary/aromatic N) is 3. The molecule has 27 heavy (non-hydrogen) atoms. The van der Waals surface area contributed by atoms with E-state index in [4.69, 9.17) is 4.74 Å². The number of carbonyl (C=O) groups is 2. The Morgan fingerprint density at radius 2 is 1.78 bits per heavy atom. The van der Waals surface area contributed by atoms with Crippen molar-refractivity contribution in [3.8, 4) is 5.88 Å². The normalized spacial score (nSPS) is 16.5. The van der Waals surface area contributed by atoms with Crippen LogP contribution in [0.4, 0.5) is 17.2 Å². The third-order valence-electron chi connectivity index (χ3n) is 4.42. The number of ether oxygens (including phenoxy) is 1. The molecule has 0 saturated carbocycles. The van der Waals surface area contributed by atoms with Gasteiger partial charge in [-0.15, -0.1) is 10.2 Å². The van der Waals surface area contributed by atoms with Gasteiger partial charge in [0.2, 0.25) is 17.7 Å². The van der Waals surface area contributed by atoms with Crippen LogP contribution in [0.1, 0.15) is 19.8 Å². The molecule has 2 aromatic rings. The number of benzene rings is 1. The number of amides is 2. The molecule has 1 aliphatic heterocycles. The number of rotatable bonds is 5. The number of hydrogen-bond acceptors (Lipinski definition) is 6. The maximum atomic E-state index is 12.6. The summed E-state index contributed by atoms with van der Waals surface area (Å²) in [6, 6.07) is 10.7. The van der Waals surface area contributed by atoms with E-state index in [0.717, 1.165) is 25.2 Å². The predicted molar refractivity (Wildman–Crippen MR) is 103 cm³/mol. The molecule has 0 spiro atoms. The Bertz CT molecular complexity index is 792. The van der Waals surface area contributed by atoms with E-state index in [9.17, 15) is 9.59 Å². The zero-order chi connectivity index (χ0) is 19.2. The number of anilines is 3. The minimum absolute atomic E-state index is 0.0200. The molecule has 0 radical (unpaired) electrons. The molecule has 2 N–H and O–H groups in total. The maximum absolute atomic E-state index is 12.6. The summed E-state index contributed by atoms with van der Waals surface area (Å²) in [5, 5.41) is 13.8. The molecular weight excluding hydrogens is 346 g/mol. The van der Waals surface area contributed by atoms with Crippen LogP contribution in [0.5, 0.6) is 5.88 Å². The molecule has 3 rings (SSSR count). The van der Waals surface area contributed by atoms with Gasteiger partial charge in [0.25, 0.3) is 0 Å². The molecule has 1 unspecified atom stereocenters. The lowest BCUT2D eigenvalue weighted by Crippen LogP contribution is -2.41. The molecule has 2 heterocycles. The molecule has 1 atom stereocenters. The van der Waals surface area contributed by atoms with Crippen LogP contribution in [-0.4, -0.2) is 42.2 Å². The Labute approximate surface area is 157 Å². The molecule has 1 saturated heterocycles. The fraction of sp³-hybridized carbons (Fsp3) is 0.368. The third kappa shape index (κ3) is 4.93. The molecule has 1 aliphatic rings. The molecule has 2 amide bonds. The van der Waals surface area contributed by atoms with Crippen LogP contribution in [0.3, 0.4) is 0 Å². The largest absolute Gasteiger partial charge is 0.480 e. The van der Waals surface area contributed by atoms with Gasteiger partial charge in [-0.25, -0.2) is 0 Å². The van der Waals surface area contributed by atoms with E-state index in [1.165, 1.54) is 6.92 Å². The van der Waals surface area contributed by atoms with Crippen LogP contribution < -0.4 is 20.3 Å². The maximum Gasteiger partial charge on any atom is 0.233 e. The molecule has 0 aliphatic carbocycles. The monoisotopic (exact) mass is 369 g/mol. The number of hydrogen-bond donors (Lipinski definition) is 2. The first kappa shape index (κ1) is 18.6. The highest BCUT2D eigenvalue weighted by atomic mass is 16.5. The first-order valence-electron chi connectivity index (χ1n) is 8.86. The van der Waals surface area contributed by atoms with Crippen molar-refractivity contribution in [2.45, 2.75) is 19.8 Å². The van der Waals surface area contributed by atoms with Crippen LogP contribution in [0.15, 0.2) is 36.4 Å². The zero-order valence-electron chi connectivity index (χ0n) is 15.4. The van der Waals surface area contributed by atoms with E-state index in [-0.39, 0.29) is 17.7 Å². The molecule has 142 valence electrons. The van der Waals surface area contributed by atoms with Crippen LogP contribution in [0.2, 0.25) is 0 Å². The molecule has 1 aromatic carbocycles. The Hall–Kier alpha value is -3.16. The molecular formula is C19H23N5O3. The topological polar surface area (TPSA) is 96.5 Å². The van der Waals surface area contributed by atoms with E-state index < -0.39 is 0 Å². The van der Waals surface area contributed by atoms with Crippen molar-refractivity contribution < 1.29 is 14.3 Å². The van der Waals surface area contributed by atoms with Gasteiger partial charge in [0, 0.05) is 37.5 Å². The van der Waals surface area contributed by atoms with Gasteiger partial charge in [-0.2, -0.15) is 0 Å². The van der Waals surface area contributed by atoms with Gasteiger partial charge in [-0.3, -0.25) is 9.59 Å². The Morgan fingerprint density at radius 3 is 2.37 bits per heavy atom. The standard InChI is InChI=1S/C19H23N5O3/c1-13(25)20-15-5-7-16(8-6-15)21-19(26)14-4-3-11-24(12-14)17-9-10-18(27-2)23-22-17/h5-10,14H,3-4,11-12H2,1-2H3,(H,20,25)(H,21,26). The third-order valence-corrected chi connectivity index (χ3v) is 4.42. The molecule has 1 fully saturated rings. The van der Waals surface area contributed by atoms with Crippen LogP contribution >= 0.6 is 0 Å². The summed E-state index contributed by atoms with van der Waals surface area (Å²) >= 11 is 0. The highest BCUT2D eigenvalue weighted by Gasteiger charge is 2.26. The van der Waals surface area contributed by atoms with Crippen molar-refractivity contribution in [2.24, 2.45) is 5.92 Å². The van der Waals surface area contributed by atoms with Crippen molar-refractivity contribution in [1.82, 2.24) is 10.2 Å². The second-order valence-electron chi connectivity index (χ2n) is 6.47. The van der Waals surface area contributed by atoms with Gasteiger partial charge in [-0.1, -0.05) is 0 Å². The highest BCUT2D eigenvalue weighted by molar-refractivity contribution is 5.94. The summed E-state index contributed by atoms with van der Waals surface area (Å²) in [4.78, 5) is 25.8. The van der Waals surface area contributed by atoms with E-state index >= 15 is 0 Å². The quantitative estimate of drug-likeness (QED) is 0.839. The Morgan fingerprint density at radius 1 is 1.07 bits per heavy atom. The van der Waals surface area contributed by atoms with Crippen molar-refractivity contribution >= 4 is 29.0 Å². The zero-order valence-corrected chi connectivity index (χ0v) is 15.4. The van der Waals surface area contributed by atoms with Gasteiger partial charge in [0.05, 0.1) is 13.0 Å². The number of nitrogens with one attached hydrogen (secondary N) is 2. The molecule has 8 heteroatoms. The summed E-state index contributed by atoms with van der Waals surface area (Å²) in [7, 11) is 1.55. The number of carbonyl (C=O) groups excluding carboxylic acids is 2. The first-order valence-corrected chi connectivity index (χ1v) is 8.86. The fourth-order valence-corrected chi connectivity index (χ4v) is 3.07. The van der Waals surface area contributed by atoms with Crippen LogP contribution in [0, 0.1) is 5.92 Å². The average Bonchev–Trinajstić information content (AvgIpc) is 2.69. The Balaban J connectivity index is 1.59. The molecule has 0 bridgehead atoms. The summed E-state index contributed by atoms with van der Waals surface area (Å²) in [6.45, 7) is 2.89. The number of aromatic nitrogens is 2. The van der Waals surface area contributed by atoms with Gasteiger partial charge in [0.15, 0.2) is 5.82 Å². The van der Waals surface area contributed by atoms with Gasteiger partial charge in [0.1, 0.15) is 0 Å². The first-order chi connectivity index (χ1) is 13.0. The minimum atomic E-state index is -0.129. The summed E-state index contributed by atoms with van der Waals surface area (Å²) in [5.41, 5.74) is 1.40. The van der Waals surface area contributed by atoms with Crippen LogP contribution in [0.25, 0.3) is 0 Å². The molecule has 1 aromatic heterocycles. The van der Waals surface area contributed by atoms with E-state index in [1.54, 1.807) is 37.4 Å². The summed E-state index contributed by atoms with van der Waals surface area (Å²) in [6.07, 6.45) is 1.74. The van der Waals surface area contributed by atoms with Gasteiger partial charge < -0.3 is 20.3 Å². The predicted octanol–water partition coefficient (Wildman–Crippen LogP) is 2.30. The molecule has 8 nitrogen and oxygen atoms in total. The minimum Gasteiger partial charge on any atom is -0.480 e. The fourth-order valence-electron chi connectivity index (χ4n) is 3.07. The SMILES string of the molecule is COc1ccc(N2CCCC(C(=O)Nc3ccc(NC(C)=O)cc3)C2)nn1. The van der Waals surface area contributed by atoms with Gasteiger partial charge in [-0.05, 0) is 43.2 Å². The van der Waals surface area contributed by atoms with E-state index in [0.29, 0.717) is 23.8 Å². The Kier molecular flexibility index (Phi) is 5.85. The average molecular weight is 369 g/mol. The smallest absolute Gasteiger partial charge is 0.233 e. The van der Waals surface area contributed by atoms with Crippen molar-refractivity contribution in [2.75, 3.05) is 35.7 Å². The van der Waals surface area contributed by atoms with Crippen molar-refractivity contribution in [3.05, 3.63) is 36.4 Å². The van der Waals surface area contributed by atoms with Crippen molar-refractivity contribution in [3.63, 3.8) is 0 Å². The summed E-state index contributed by atoms with van der Waals surface area (Å²) in [5.74, 6) is 0.933. The van der Waals surface area contributed by atoms with Crippen molar-refractivity contribution in [1.29, 1.82) is 0 Å².